The predicted octanol–water partition coefficient (Wildman–Crippen LogP) is 2.13. The lowest BCUT2D eigenvalue weighted by atomic mass is 10.2. The molecule has 0 aliphatic heterocycles. The second kappa shape index (κ2) is 6.57. The summed E-state index contributed by atoms with van der Waals surface area (Å²) in [7, 11) is -1.87. The highest BCUT2D eigenvalue weighted by Gasteiger charge is 2.11. The molecule has 6 nitrogen and oxygen atoms in total. The second-order valence-corrected chi connectivity index (χ2v) is 6.65. The molecule has 0 saturated heterocycles. The molecule has 7 heteroatoms. The maximum Gasteiger partial charge on any atom is 0.225 e. The average molecular weight is 320 g/mol. The fourth-order valence-corrected chi connectivity index (χ4v) is 2.57. The molecule has 0 aliphatic carbocycles. The predicted molar refractivity (Wildman–Crippen MR) is 85.5 cm³/mol. The van der Waals surface area contributed by atoms with Gasteiger partial charge in [-0.2, -0.15) is 0 Å². The Labute approximate surface area is 128 Å². The Morgan fingerprint density at radius 1 is 1.45 bits per heavy atom. The summed E-state index contributed by atoms with van der Waals surface area (Å²) in [4.78, 5) is 16.1. The Bertz CT molecular complexity index is 815. The monoisotopic (exact) mass is 320 g/mol. The van der Waals surface area contributed by atoms with Crippen LogP contribution in [0.4, 0.5) is 5.69 Å². The van der Waals surface area contributed by atoms with E-state index in [1.165, 1.54) is 7.11 Å². The number of nitrogens with zero attached hydrogens (tertiary/aromatic N) is 1. The van der Waals surface area contributed by atoms with Crippen LogP contribution in [0.25, 0.3) is 10.9 Å². The van der Waals surface area contributed by atoms with E-state index in [-0.39, 0.29) is 12.2 Å². The van der Waals surface area contributed by atoms with Gasteiger partial charge in [0.15, 0.2) is 9.84 Å². The molecule has 1 aromatic carbocycles. The first kappa shape index (κ1) is 16.0. The first-order valence-electron chi connectivity index (χ1n) is 6.53. The third kappa shape index (κ3) is 3.82. The number of ether oxygens (including phenoxy) is 1. The summed E-state index contributed by atoms with van der Waals surface area (Å²) in [6.07, 6.45) is 1.52. The molecule has 0 unspecified atom stereocenters. The van der Waals surface area contributed by atoms with Crippen molar-refractivity contribution in [3.8, 4) is 5.75 Å². The standard InChI is InChI=1S/C15H16N2O4S/c1-3-22(19,20)8-6-14(18)17-12-9-11-5-4-7-16-15(11)13(10-12)21-2/h3-5,7,9-10H,1,6,8H2,2H3,(H,17,18). The normalized spacial score (nSPS) is 11.1. The van der Waals surface area contributed by atoms with Crippen molar-refractivity contribution in [1.82, 2.24) is 4.98 Å². The minimum atomic E-state index is -3.39. The van der Waals surface area contributed by atoms with E-state index in [4.69, 9.17) is 4.74 Å². The molecular formula is C15H16N2O4S. The quantitative estimate of drug-likeness (QED) is 0.881. The Balaban J connectivity index is 2.18. The van der Waals surface area contributed by atoms with Crippen molar-refractivity contribution in [3.05, 3.63) is 42.4 Å². The first-order chi connectivity index (χ1) is 10.4. The molecule has 1 N–H and O–H groups in total. The molecule has 1 aromatic heterocycles. The topological polar surface area (TPSA) is 85.4 Å². The van der Waals surface area contributed by atoms with Gasteiger partial charge in [0.2, 0.25) is 5.91 Å². The van der Waals surface area contributed by atoms with E-state index < -0.39 is 15.7 Å². The number of methoxy groups -OCH3 is 1. The fraction of sp³-hybridized carbons (Fsp3) is 0.200. The van der Waals surface area contributed by atoms with Gasteiger partial charge in [0.05, 0.1) is 12.9 Å². The Kier molecular flexibility index (Phi) is 4.77. The number of benzene rings is 1. The van der Waals surface area contributed by atoms with Crippen molar-refractivity contribution >= 4 is 32.3 Å². The number of carbonyl (C=O) groups is 1. The van der Waals surface area contributed by atoms with Crippen LogP contribution in [0.2, 0.25) is 0 Å². The number of anilines is 1. The minimum Gasteiger partial charge on any atom is -0.494 e. The summed E-state index contributed by atoms with van der Waals surface area (Å²) < 4.78 is 27.9. The van der Waals surface area contributed by atoms with E-state index in [2.05, 4.69) is 16.9 Å². The van der Waals surface area contributed by atoms with E-state index in [0.29, 0.717) is 17.0 Å². The number of hydrogen-bond acceptors (Lipinski definition) is 5. The highest BCUT2D eigenvalue weighted by atomic mass is 32.2. The summed E-state index contributed by atoms with van der Waals surface area (Å²) >= 11 is 0. The van der Waals surface area contributed by atoms with Crippen molar-refractivity contribution in [2.45, 2.75) is 6.42 Å². The molecule has 0 spiro atoms. The van der Waals surface area contributed by atoms with Gasteiger partial charge in [0, 0.05) is 35.2 Å². The zero-order valence-corrected chi connectivity index (χ0v) is 12.9. The maximum atomic E-state index is 11.8. The highest BCUT2D eigenvalue weighted by Crippen LogP contribution is 2.28. The average Bonchev–Trinajstić information content (AvgIpc) is 2.52. The SMILES string of the molecule is C=CS(=O)(=O)CCC(=O)Nc1cc(OC)c2ncccc2c1. The number of amides is 1. The number of rotatable bonds is 6. The van der Waals surface area contributed by atoms with E-state index in [0.717, 1.165) is 10.8 Å². The van der Waals surface area contributed by atoms with Crippen LogP contribution in [0, 0.1) is 0 Å². The van der Waals surface area contributed by atoms with Gasteiger partial charge in [-0.05, 0) is 12.1 Å². The Morgan fingerprint density at radius 2 is 2.23 bits per heavy atom. The number of fused-ring (bicyclic) bond motifs is 1. The van der Waals surface area contributed by atoms with Gasteiger partial charge < -0.3 is 10.1 Å². The van der Waals surface area contributed by atoms with Gasteiger partial charge in [0.25, 0.3) is 0 Å². The molecule has 0 bridgehead atoms. The molecule has 1 amide bonds. The number of pyridine rings is 1. The van der Waals surface area contributed by atoms with E-state index in [1.807, 2.05) is 6.07 Å². The number of carbonyl (C=O) groups excluding carboxylic acids is 1. The third-order valence-electron chi connectivity index (χ3n) is 3.04. The molecule has 0 saturated carbocycles. The van der Waals surface area contributed by atoms with Gasteiger partial charge in [-0.3, -0.25) is 9.78 Å². The lowest BCUT2D eigenvalue weighted by molar-refractivity contribution is -0.115. The van der Waals surface area contributed by atoms with Gasteiger partial charge in [-0.15, -0.1) is 0 Å². The third-order valence-corrected chi connectivity index (χ3v) is 4.32. The lowest BCUT2D eigenvalue weighted by Gasteiger charge is -2.09. The zero-order chi connectivity index (χ0) is 16.2. The summed E-state index contributed by atoms with van der Waals surface area (Å²) in [5.41, 5.74) is 1.22. The molecule has 0 aliphatic rings. The zero-order valence-electron chi connectivity index (χ0n) is 12.1. The van der Waals surface area contributed by atoms with Crippen molar-refractivity contribution in [3.63, 3.8) is 0 Å². The van der Waals surface area contributed by atoms with Gasteiger partial charge in [-0.25, -0.2) is 8.42 Å². The van der Waals surface area contributed by atoms with Gasteiger partial charge >= 0.3 is 0 Å². The molecule has 1 heterocycles. The molecular weight excluding hydrogens is 304 g/mol. The van der Waals surface area contributed by atoms with E-state index in [9.17, 15) is 13.2 Å². The number of sulfone groups is 1. The van der Waals surface area contributed by atoms with Gasteiger partial charge in [-0.1, -0.05) is 12.6 Å². The van der Waals surface area contributed by atoms with Crippen LogP contribution in [0.5, 0.6) is 5.75 Å². The summed E-state index contributed by atoms with van der Waals surface area (Å²) in [5, 5.41) is 4.33. The molecule has 2 aromatic rings. The molecule has 0 radical (unpaired) electrons. The number of aromatic nitrogens is 1. The van der Waals surface area contributed by atoms with Crippen LogP contribution in [0.1, 0.15) is 6.42 Å². The fourth-order valence-electron chi connectivity index (χ4n) is 1.93. The Morgan fingerprint density at radius 3 is 2.91 bits per heavy atom. The summed E-state index contributed by atoms with van der Waals surface area (Å²) in [5.74, 6) is -0.128. The highest BCUT2D eigenvalue weighted by molar-refractivity contribution is 7.94. The molecule has 0 atom stereocenters. The van der Waals surface area contributed by atoms with Crippen molar-refractivity contribution in [2.75, 3.05) is 18.2 Å². The van der Waals surface area contributed by atoms with Crippen molar-refractivity contribution in [2.24, 2.45) is 0 Å². The summed E-state index contributed by atoms with van der Waals surface area (Å²) in [6.45, 7) is 3.21. The number of hydrogen-bond donors (Lipinski definition) is 1. The molecule has 22 heavy (non-hydrogen) atoms. The van der Waals surface area contributed by atoms with Crippen LogP contribution in [0.15, 0.2) is 42.4 Å². The smallest absolute Gasteiger partial charge is 0.225 e. The molecule has 0 fully saturated rings. The molecule has 116 valence electrons. The van der Waals surface area contributed by atoms with Crippen molar-refractivity contribution < 1.29 is 17.9 Å². The van der Waals surface area contributed by atoms with Crippen LogP contribution < -0.4 is 10.1 Å². The maximum absolute atomic E-state index is 11.8. The molecule has 2 rings (SSSR count). The minimum absolute atomic E-state index is 0.137. The van der Waals surface area contributed by atoms with E-state index in [1.54, 1.807) is 24.4 Å². The Hall–Kier alpha value is -2.41. The van der Waals surface area contributed by atoms with Crippen LogP contribution in [0.3, 0.4) is 0 Å². The first-order valence-corrected chi connectivity index (χ1v) is 8.24. The van der Waals surface area contributed by atoms with Crippen LogP contribution in [-0.2, 0) is 14.6 Å². The van der Waals surface area contributed by atoms with E-state index >= 15 is 0 Å². The second-order valence-electron chi connectivity index (χ2n) is 4.59. The van der Waals surface area contributed by atoms with Crippen molar-refractivity contribution in [1.29, 1.82) is 0 Å². The van der Waals surface area contributed by atoms with Crippen LogP contribution in [-0.4, -0.2) is 32.2 Å². The lowest BCUT2D eigenvalue weighted by Crippen LogP contribution is -2.16. The largest absolute Gasteiger partial charge is 0.494 e. The van der Waals surface area contributed by atoms with Gasteiger partial charge in [0.1, 0.15) is 11.3 Å². The number of nitrogens with one attached hydrogen (secondary N) is 1. The van der Waals surface area contributed by atoms with Crippen LogP contribution >= 0.6 is 0 Å². The summed E-state index contributed by atoms with van der Waals surface area (Å²) in [6, 6.07) is 7.03.